The van der Waals surface area contributed by atoms with E-state index in [2.05, 4.69) is 46.1 Å². The smallest absolute Gasteiger partial charge is 0.0526 e. The third-order valence-corrected chi connectivity index (χ3v) is 4.91. The molecule has 0 saturated carbocycles. The van der Waals surface area contributed by atoms with Gasteiger partial charge in [0.25, 0.3) is 0 Å². The minimum atomic E-state index is 0.554. The van der Waals surface area contributed by atoms with Gasteiger partial charge in [-0.3, -0.25) is 0 Å². The molecule has 19 heavy (non-hydrogen) atoms. The van der Waals surface area contributed by atoms with Crippen LogP contribution >= 0.6 is 27.5 Å². The molecule has 2 atom stereocenters. The van der Waals surface area contributed by atoms with Gasteiger partial charge in [-0.1, -0.05) is 31.9 Å². The molecule has 1 aliphatic rings. The predicted molar refractivity (Wildman–Crippen MR) is 87.2 cm³/mol. The van der Waals surface area contributed by atoms with Gasteiger partial charge in [-0.05, 0) is 53.0 Å². The van der Waals surface area contributed by atoms with Gasteiger partial charge in [-0.15, -0.1) is 0 Å². The number of halogens is 2. The minimum Gasteiger partial charge on any atom is -0.369 e. The third kappa shape index (κ3) is 3.87. The number of hydrogen-bond acceptors (Lipinski definition) is 2. The molecule has 0 aliphatic carbocycles. The predicted octanol–water partition coefficient (Wildman–Crippen LogP) is 4.32. The van der Waals surface area contributed by atoms with Crippen molar-refractivity contribution in [1.82, 2.24) is 5.32 Å². The monoisotopic (exact) mass is 344 g/mol. The third-order valence-electron chi connectivity index (χ3n) is 4.01. The second-order valence-corrected chi connectivity index (χ2v) is 6.63. The Morgan fingerprint density at radius 1 is 1.53 bits per heavy atom. The van der Waals surface area contributed by atoms with Crippen molar-refractivity contribution >= 4 is 33.2 Å². The molecule has 1 fully saturated rings. The number of rotatable bonds is 3. The van der Waals surface area contributed by atoms with Crippen molar-refractivity contribution in [3.8, 4) is 0 Å². The molecule has 2 rings (SSSR count). The van der Waals surface area contributed by atoms with Crippen molar-refractivity contribution in [1.29, 1.82) is 0 Å². The first kappa shape index (κ1) is 15.1. The standard InChI is InChI=1S/C15H22BrClN2/c1-3-11(2)14-10-19(8-4-7-18-14)15-9-12(17)5-6-13(15)16/h5-6,9,11,14,18H,3-4,7-8,10H2,1-2H3. The first-order valence-corrected chi connectivity index (χ1v) is 8.22. The lowest BCUT2D eigenvalue weighted by atomic mass is 9.99. The van der Waals surface area contributed by atoms with E-state index in [4.69, 9.17) is 11.6 Å². The van der Waals surface area contributed by atoms with Crippen LogP contribution in [0.15, 0.2) is 22.7 Å². The molecule has 1 aliphatic heterocycles. The number of anilines is 1. The topological polar surface area (TPSA) is 15.3 Å². The van der Waals surface area contributed by atoms with Gasteiger partial charge in [0.05, 0.1) is 5.69 Å². The Morgan fingerprint density at radius 3 is 3.05 bits per heavy atom. The van der Waals surface area contributed by atoms with E-state index < -0.39 is 0 Å². The van der Waals surface area contributed by atoms with Crippen LogP contribution in [-0.4, -0.2) is 25.7 Å². The molecular weight excluding hydrogens is 324 g/mol. The van der Waals surface area contributed by atoms with Gasteiger partial charge in [0.2, 0.25) is 0 Å². The highest BCUT2D eigenvalue weighted by atomic mass is 79.9. The van der Waals surface area contributed by atoms with Crippen LogP contribution in [0.2, 0.25) is 5.02 Å². The second kappa shape index (κ2) is 6.96. The molecule has 0 amide bonds. The summed E-state index contributed by atoms with van der Waals surface area (Å²) in [4.78, 5) is 2.45. The molecule has 1 aromatic rings. The molecule has 2 nitrogen and oxygen atoms in total. The molecule has 1 aromatic carbocycles. The zero-order valence-corrected chi connectivity index (χ0v) is 14.0. The Morgan fingerprint density at radius 2 is 2.32 bits per heavy atom. The van der Waals surface area contributed by atoms with Crippen LogP contribution in [-0.2, 0) is 0 Å². The molecule has 4 heteroatoms. The van der Waals surface area contributed by atoms with E-state index in [1.54, 1.807) is 0 Å². The Hall–Kier alpha value is -0.250. The van der Waals surface area contributed by atoms with E-state index in [0.29, 0.717) is 12.0 Å². The SMILES string of the molecule is CCC(C)C1CN(c2cc(Cl)ccc2Br)CCCN1. The van der Waals surface area contributed by atoms with Crippen molar-refractivity contribution in [2.75, 3.05) is 24.5 Å². The highest BCUT2D eigenvalue weighted by molar-refractivity contribution is 9.10. The molecule has 2 unspecified atom stereocenters. The van der Waals surface area contributed by atoms with Crippen molar-refractivity contribution in [3.63, 3.8) is 0 Å². The van der Waals surface area contributed by atoms with E-state index in [1.807, 2.05) is 12.1 Å². The fourth-order valence-electron chi connectivity index (χ4n) is 2.56. The van der Waals surface area contributed by atoms with Gasteiger partial charge in [0, 0.05) is 28.6 Å². The molecule has 1 heterocycles. The zero-order valence-electron chi connectivity index (χ0n) is 11.6. The molecule has 0 aromatic heterocycles. The lowest BCUT2D eigenvalue weighted by Gasteiger charge is -2.30. The molecular formula is C15H22BrClN2. The van der Waals surface area contributed by atoms with Crippen LogP contribution < -0.4 is 10.2 Å². The van der Waals surface area contributed by atoms with Gasteiger partial charge in [-0.2, -0.15) is 0 Å². The summed E-state index contributed by atoms with van der Waals surface area (Å²) in [5, 5.41) is 4.48. The quantitative estimate of drug-likeness (QED) is 0.878. The van der Waals surface area contributed by atoms with Gasteiger partial charge < -0.3 is 10.2 Å². The number of hydrogen-bond donors (Lipinski definition) is 1. The first-order chi connectivity index (χ1) is 9.11. The van der Waals surface area contributed by atoms with Crippen molar-refractivity contribution in [2.24, 2.45) is 5.92 Å². The maximum Gasteiger partial charge on any atom is 0.0526 e. The average molecular weight is 346 g/mol. The van der Waals surface area contributed by atoms with E-state index in [-0.39, 0.29) is 0 Å². The van der Waals surface area contributed by atoms with Crippen LogP contribution in [0, 0.1) is 5.92 Å². The lowest BCUT2D eigenvalue weighted by Crippen LogP contribution is -2.42. The minimum absolute atomic E-state index is 0.554. The van der Waals surface area contributed by atoms with Crippen LogP contribution in [0.5, 0.6) is 0 Å². The summed E-state index contributed by atoms with van der Waals surface area (Å²) in [5.41, 5.74) is 1.21. The Labute approximate surface area is 129 Å². The van der Waals surface area contributed by atoms with Gasteiger partial charge in [0.15, 0.2) is 0 Å². The van der Waals surface area contributed by atoms with E-state index in [9.17, 15) is 0 Å². The van der Waals surface area contributed by atoms with Crippen LogP contribution in [0.3, 0.4) is 0 Å². The summed E-state index contributed by atoms with van der Waals surface area (Å²) < 4.78 is 1.13. The van der Waals surface area contributed by atoms with Crippen LogP contribution in [0.4, 0.5) is 5.69 Å². The maximum atomic E-state index is 6.14. The number of nitrogens with one attached hydrogen (secondary N) is 1. The Bertz CT molecular complexity index is 425. The molecule has 0 spiro atoms. The summed E-state index contributed by atoms with van der Waals surface area (Å²) in [6, 6.07) is 6.58. The van der Waals surface area contributed by atoms with Crippen LogP contribution in [0.1, 0.15) is 26.7 Å². The van der Waals surface area contributed by atoms with E-state index in [1.165, 1.54) is 18.5 Å². The first-order valence-electron chi connectivity index (χ1n) is 7.05. The largest absolute Gasteiger partial charge is 0.369 e. The Balaban J connectivity index is 2.20. The number of benzene rings is 1. The fourth-order valence-corrected chi connectivity index (χ4v) is 3.23. The zero-order chi connectivity index (χ0) is 13.8. The fraction of sp³-hybridized carbons (Fsp3) is 0.600. The summed E-state index contributed by atoms with van der Waals surface area (Å²) in [6.45, 7) is 7.82. The highest BCUT2D eigenvalue weighted by Crippen LogP contribution is 2.30. The van der Waals surface area contributed by atoms with Crippen molar-refractivity contribution in [3.05, 3.63) is 27.7 Å². The second-order valence-electron chi connectivity index (χ2n) is 5.34. The van der Waals surface area contributed by atoms with Crippen molar-refractivity contribution < 1.29 is 0 Å². The molecule has 106 valence electrons. The number of nitrogens with zero attached hydrogens (tertiary/aromatic N) is 1. The molecule has 1 saturated heterocycles. The maximum absolute atomic E-state index is 6.14. The summed E-state index contributed by atoms with van der Waals surface area (Å²) in [6.07, 6.45) is 2.38. The van der Waals surface area contributed by atoms with Gasteiger partial charge >= 0.3 is 0 Å². The molecule has 0 bridgehead atoms. The van der Waals surface area contributed by atoms with Crippen molar-refractivity contribution in [2.45, 2.75) is 32.7 Å². The van der Waals surface area contributed by atoms with Crippen LogP contribution in [0.25, 0.3) is 0 Å². The van der Waals surface area contributed by atoms with E-state index >= 15 is 0 Å². The van der Waals surface area contributed by atoms with E-state index in [0.717, 1.165) is 29.1 Å². The summed E-state index contributed by atoms with van der Waals surface area (Å²) in [7, 11) is 0. The normalized spacial score (nSPS) is 22.1. The highest BCUT2D eigenvalue weighted by Gasteiger charge is 2.23. The summed E-state index contributed by atoms with van der Waals surface area (Å²) >= 11 is 9.78. The van der Waals surface area contributed by atoms with Gasteiger partial charge in [-0.25, -0.2) is 0 Å². The lowest BCUT2D eigenvalue weighted by molar-refractivity contribution is 0.384. The average Bonchev–Trinajstić information content (AvgIpc) is 2.66. The molecule has 1 N–H and O–H groups in total. The molecule has 0 radical (unpaired) electrons. The summed E-state index contributed by atoms with van der Waals surface area (Å²) in [5.74, 6) is 0.693. The van der Waals surface area contributed by atoms with Gasteiger partial charge in [0.1, 0.15) is 0 Å². The Kier molecular flexibility index (Phi) is 5.55.